The number of nitrogens with zero attached hydrogens (tertiary/aromatic N) is 1. The fraction of sp³-hybridized carbons (Fsp3) is 0.455. The first-order valence-corrected chi connectivity index (χ1v) is 5.45. The maximum absolute atomic E-state index is 10.6. The van der Waals surface area contributed by atoms with Crippen molar-refractivity contribution in [1.82, 2.24) is 0 Å². The summed E-state index contributed by atoms with van der Waals surface area (Å²) in [5, 5.41) is 11.1. The number of non-ortho nitro benzene ring substituents is 1. The molecule has 0 saturated heterocycles. The van der Waals surface area contributed by atoms with Crippen LogP contribution in [-0.4, -0.2) is 24.7 Å². The number of benzene rings is 1. The molecule has 1 unspecified atom stereocenters. The van der Waals surface area contributed by atoms with Gasteiger partial charge in [-0.3, -0.25) is 10.1 Å². The Labute approximate surface area is 104 Å². The van der Waals surface area contributed by atoms with Crippen LogP contribution in [0, 0.1) is 10.1 Å². The highest BCUT2D eigenvalue weighted by molar-refractivity contribution is 6.31. The van der Waals surface area contributed by atoms with Gasteiger partial charge in [-0.2, -0.15) is 0 Å². The molecule has 0 aliphatic carbocycles. The zero-order valence-corrected chi connectivity index (χ0v) is 10.4. The van der Waals surface area contributed by atoms with E-state index in [2.05, 4.69) is 0 Å². The van der Waals surface area contributed by atoms with Gasteiger partial charge in [0.05, 0.1) is 24.2 Å². The van der Waals surface area contributed by atoms with Gasteiger partial charge in [0.25, 0.3) is 5.69 Å². The Kier molecular flexibility index (Phi) is 5.34. The number of halogens is 1. The molecular weight excluding hydrogens is 246 g/mol. The molecule has 6 heteroatoms. The minimum Gasteiger partial charge on any atom is -0.382 e. The first-order chi connectivity index (χ1) is 8.04. The monoisotopic (exact) mass is 259 g/mol. The van der Waals surface area contributed by atoms with Crippen molar-refractivity contribution in [2.24, 2.45) is 0 Å². The van der Waals surface area contributed by atoms with Crippen LogP contribution in [0.4, 0.5) is 5.69 Å². The van der Waals surface area contributed by atoms with Crippen molar-refractivity contribution in [1.29, 1.82) is 0 Å². The smallest absolute Gasteiger partial charge is 0.269 e. The number of nitro benzene ring substituents is 1. The molecule has 0 radical (unpaired) electrons. The molecule has 1 rings (SSSR count). The summed E-state index contributed by atoms with van der Waals surface area (Å²) in [6.45, 7) is 2.55. The van der Waals surface area contributed by atoms with Crippen LogP contribution in [-0.2, 0) is 16.1 Å². The van der Waals surface area contributed by atoms with Gasteiger partial charge in [-0.05, 0) is 13.0 Å². The van der Waals surface area contributed by atoms with Crippen molar-refractivity contribution in [3.8, 4) is 0 Å². The van der Waals surface area contributed by atoms with E-state index in [1.165, 1.54) is 18.2 Å². The maximum atomic E-state index is 10.6. The van der Waals surface area contributed by atoms with E-state index >= 15 is 0 Å². The minimum absolute atomic E-state index is 0.00685. The molecule has 1 atom stereocenters. The molecule has 0 amide bonds. The Hall–Kier alpha value is -1.17. The Morgan fingerprint density at radius 1 is 1.53 bits per heavy atom. The lowest BCUT2D eigenvalue weighted by Crippen LogP contribution is -2.14. The molecule has 0 aliphatic rings. The summed E-state index contributed by atoms with van der Waals surface area (Å²) >= 11 is 5.93. The lowest BCUT2D eigenvalue weighted by molar-refractivity contribution is -0.385. The van der Waals surface area contributed by atoms with E-state index in [0.717, 1.165) is 0 Å². The third-order valence-electron chi connectivity index (χ3n) is 2.16. The molecule has 0 aromatic heterocycles. The summed E-state index contributed by atoms with van der Waals surface area (Å²) in [4.78, 5) is 10.1. The Morgan fingerprint density at radius 3 is 2.82 bits per heavy atom. The molecule has 0 saturated carbocycles. The Morgan fingerprint density at radius 2 is 2.24 bits per heavy atom. The van der Waals surface area contributed by atoms with Gasteiger partial charge in [0.2, 0.25) is 0 Å². The van der Waals surface area contributed by atoms with Crippen LogP contribution in [0.5, 0.6) is 0 Å². The van der Waals surface area contributed by atoms with Crippen LogP contribution >= 0.6 is 11.6 Å². The van der Waals surface area contributed by atoms with E-state index in [9.17, 15) is 10.1 Å². The van der Waals surface area contributed by atoms with E-state index in [-0.39, 0.29) is 18.4 Å². The first-order valence-electron chi connectivity index (χ1n) is 5.08. The van der Waals surface area contributed by atoms with Gasteiger partial charge in [0.15, 0.2) is 0 Å². The average Bonchev–Trinajstić information content (AvgIpc) is 2.28. The maximum Gasteiger partial charge on any atom is 0.269 e. The van der Waals surface area contributed by atoms with E-state index < -0.39 is 4.92 Å². The van der Waals surface area contributed by atoms with Crippen molar-refractivity contribution < 1.29 is 14.4 Å². The van der Waals surface area contributed by atoms with Gasteiger partial charge < -0.3 is 9.47 Å². The number of hydrogen-bond acceptors (Lipinski definition) is 4. The Bertz CT molecular complexity index is 397. The van der Waals surface area contributed by atoms with Gasteiger partial charge in [-0.15, -0.1) is 0 Å². The molecule has 5 nitrogen and oxygen atoms in total. The third kappa shape index (κ3) is 4.30. The highest BCUT2D eigenvalue weighted by atomic mass is 35.5. The molecule has 0 aliphatic heterocycles. The SMILES string of the molecule is COCC(C)OCc1cc([N+](=O)[O-])ccc1Cl. The summed E-state index contributed by atoms with van der Waals surface area (Å²) in [6.07, 6.45) is -0.0877. The van der Waals surface area contributed by atoms with Gasteiger partial charge in [-0.1, -0.05) is 11.6 Å². The summed E-state index contributed by atoms with van der Waals surface area (Å²) in [5.74, 6) is 0. The lowest BCUT2D eigenvalue weighted by atomic mass is 10.2. The summed E-state index contributed by atoms with van der Waals surface area (Å²) < 4.78 is 10.4. The van der Waals surface area contributed by atoms with E-state index in [1.807, 2.05) is 6.92 Å². The highest BCUT2D eigenvalue weighted by Gasteiger charge is 2.11. The summed E-state index contributed by atoms with van der Waals surface area (Å²) in [7, 11) is 1.58. The average molecular weight is 260 g/mol. The van der Waals surface area contributed by atoms with Crippen LogP contribution < -0.4 is 0 Å². The van der Waals surface area contributed by atoms with Crippen LogP contribution in [0.15, 0.2) is 18.2 Å². The van der Waals surface area contributed by atoms with Crippen LogP contribution in [0.3, 0.4) is 0 Å². The van der Waals surface area contributed by atoms with Gasteiger partial charge in [-0.25, -0.2) is 0 Å². The Balaban J connectivity index is 2.69. The van der Waals surface area contributed by atoms with Crippen molar-refractivity contribution in [3.63, 3.8) is 0 Å². The zero-order valence-electron chi connectivity index (χ0n) is 9.68. The van der Waals surface area contributed by atoms with Gasteiger partial charge in [0.1, 0.15) is 0 Å². The standard InChI is InChI=1S/C11H14ClNO4/c1-8(6-16-2)17-7-9-5-10(13(14)15)3-4-11(9)12/h3-5,8H,6-7H2,1-2H3. The fourth-order valence-corrected chi connectivity index (χ4v) is 1.47. The normalized spacial score (nSPS) is 12.4. The van der Waals surface area contributed by atoms with Crippen LogP contribution in [0.25, 0.3) is 0 Å². The van der Waals surface area contributed by atoms with E-state index in [1.54, 1.807) is 7.11 Å². The predicted octanol–water partition coefficient (Wildman–Crippen LogP) is 2.80. The van der Waals surface area contributed by atoms with Crippen molar-refractivity contribution >= 4 is 17.3 Å². The quantitative estimate of drug-likeness (QED) is 0.582. The lowest BCUT2D eigenvalue weighted by Gasteiger charge is -2.12. The third-order valence-corrected chi connectivity index (χ3v) is 2.53. The fourth-order valence-electron chi connectivity index (χ4n) is 1.30. The number of methoxy groups -OCH3 is 1. The van der Waals surface area contributed by atoms with Crippen LogP contribution in [0.2, 0.25) is 5.02 Å². The molecule has 0 fully saturated rings. The van der Waals surface area contributed by atoms with Gasteiger partial charge >= 0.3 is 0 Å². The molecule has 94 valence electrons. The molecule has 0 N–H and O–H groups in total. The largest absolute Gasteiger partial charge is 0.382 e. The highest BCUT2D eigenvalue weighted by Crippen LogP contribution is 2.23. The number of nitro groups is 1. The van der Waals surface area contributed by atoms with Crippen molar-refractivity contribution in [3.05, 3.63) is 38.9 Å². The van der Waals surface area contributed by atoms with E-state index in [0.29, 0.717) is 17.2 Å². The molecule has 1 aromatic carbocycles. The second kappa shape index (κ2) is 6.54. The molecule has 1 aromatic rings. The van der Waals surface area contributed by atoms with Crippen LogP contribution in [0.1, 0.15) is 12.5 Å². The topological polar surface area (TPSA) is 61.6 Å². The number of ether oxygens (including phenoxy) is 2. The number of rotatable bonds is 6. The van der Waals surface area contributed by atoms with Crippen molar-refractivity contribution in [2.75, 3.05) is 13.7 Å². The second-order valence-corrected chi connectivity index (χ2v) is 4.02. The summed E-state index contributed by atoms with van der Waals surface area (Å²) in [5.41, 5.74) is 0.608. The molecule has 17 heavy (non-hydrogen) atoms. The minimum atomic E-state index is -0.460. The molecule has 0 spiro atoms. The van der Waals surface area contributed by atoms with Crippen molar-refractivity contribution in [2.45, 2.75) is 19.6 Å². The first kappa shape index (κ1) is 13.9. The van der Waals surface area contributed by atoms with E-state index in [4.69, 9.17) is 21.1 Å². The number of hydrogen-bond donors (Lipinski definition) is 0. The second-order valence-electron chi connectivity index (χ2n) is 3.61. The van der Waals surface area contributed by atoms with Gasteiger partial charge in [0, 0.05) is 29.8 Å². The molecular formula is C11H14ClNO4. The predicted molar refractivity (Wildman–Crippen MR) is 64.2 cm³/mol. The summed E-state index contributed by atoms with van der Waals surface area (Å²) in [6, 6.07) is 4.28. The molecule has 0 bridgehead atoms. The molecule has 0 heterocycles. The zero-order chi connectivity index (χ0) is 12.8.